The summed E-state index contributed by atoms with van der Waals surface area (Å²) in [5, 5.41) is 0. The van der Waals surface area contributed by atoms with Crippen molar-refractivity contribution >= 4 is 30.1 Å². The van der Waals surface area contributed by atoms with Gasteiger partial charge in [0.15, 0.2) is 0 Å². The van der Waals surface area contributed by atoms with Crippen molar-refractivity contribution in [1.82, 2.24) is 0 Å². The highest BCUT2D eigenvalue weighted by Crippen LogP contribution is 2.20. The fraction of sp³-hybridized carbons (Fsp3) is 1.00. The van der Waals surface area contributed by atoms with Gasteiger partial charge in [0.1, 0.15) is 7.38 Å². The first kappa shape index (κ1) is 41.8. The Bertz CT molecular complexity index is 462. The minimum Gasteiger partial charge on any atom is -0.168 e. The van der Waals surface area contributed by atoms with Crippen LogP contribution in [0.2, 0.25) is 19.1 Å². The van der Waals surface area contributed by atoms with Crippen LogP contribution in [0.25, 0.3) is 0 Å². The van der Waals surface area contributed by atoms with Crippen LogP contribution in [-0.2, 0) is 0 Å². The number of halogens is 2. The van der Waals surface area contributed by atoms with Gasteiger partial charge in [-0.2, -0.15) is 11.1 Å². The third-order valence-corrected chi connectivity index (χ3v) is 11.5. The molecular formula is C38H78Cl2Si. The minimum atomic E-state index is -1.31. The SMILES string of the molecule is C[Si](C)(Cl)CCCCCCCCCCCCCCCCCCCCCCCCCCCCCCCCCCCCCl. The summed E-state index contributed by atoms with van der Waals surface area (Å²) in [4.78, 5) is 0. The summed E-state index contributed by atoms with van der Waals surface area (Å²) in [7, 11) is -1.31. The Hall–Kier alpha value is 0.797. The highest BCUT2D eigenvalue weighted by atomic mass is 35.6. The molecule has 0 aromatic carbocycles. The van der Waals surface area contributed by atoms with Crippen LogP contribution in [-0.4, -0.2) is 13.3 Å². The van der Waals surface area contributed by atoms with E-state index < -0.39 is 7.38 Å². The van der Waals surface area contributed by atoms with E-state index in [4.69, 9.17) is 22.7 Å². The summed E-state index contributed by atoms with van der Waals surface area (Å²) in [5.41, 5.74) is 0. The zero-order valence-electron chi connectivity index (χ0n) is 28.7. The van der Waals surface area contributed by atoms with E-state index >= 15 is 0 Å². The van der Waals surface area contributed by atoms with E-state index in [1.54, 1.807) is 0 Å². The average molecular weight is 634 g/mol. The van der Waals surface area contributed by atoms with E-state index in [0.717, 1.165) is 5.88 Å². The Labute approximate surface area is 272 Å². The quantitative estimate of drug-likeness (QED) is 0.0279. The Kier molecular flexibility index (Phi) is 36.0. The topological polar surface area (TPSA) is 0 Å². The maximum atomic E-state index is 6.40. The summed E-state index contributed by atoms with van der Waals surface area (Å²) < 4.78 is 0. The molecule has 0 heterocycles. The molecule has 0 nitrogen and oxygen atoms in total. The molecular weight excluding hydrogens is 555 g/mol. The van der Waals surface area contributed by atoms with Crippen LogP contribution >= 0.6 is 22.7 Å². The average Bonchev–Trinajstić information content (AvgIpc) is 2.94. The Balaban J connectivity index is 3.04. The Morgan fingerprint density at radius 1 is 0.268 bits per heavy atom. The molecule has 0 spiro atoms. The molecule has 248 valence electrons. The Morgan fingerprint density at radius 3 is 0.561 bits per heavy atom. The fourth-order valence-electron chi connectivity index (χ4n) is 6.30. The van der Waals surface area contributed by atoms with Crippen LogP contribution in [0.1, 0.15) is 218 Å². The number of hydrogen-bond acceptors (Lipinski definition) is 0. The molecule has 0 aliphatic rings. The molecule has 41 heavy (non-hydrogen) atoms. The van der Waals surface area contributed by atoms with Gasteiger partial charge in [-0.05, 0) is 12.5 Å². The zero-order valence-corrected chi connectivity index (χ0v) is 31.2. The van der Waals surface area contributed by atoms with Crippen molar-refractivity contribution in [3.8, 4) is 0 Å². The summed E-state index contributed by atoms with van der Waals surface area (Å²) in [5.74, 6) is 0.845. The van der Waals surface area contributed by atoms with Gasteiger partial charge in [0.2, 0.25) is 0 Å². The Morgan fingerprint density at radius 2 is 0.415 bits per heavy atom. The molecule has 0 saturated carbocycles. The van der Waals surface area contributed by atoms with Gasteiger partial charge in [-0.25, -0.2) is 0 Å². The maximum Gasteiger partial charge on any atom is 0.150 e. The lowest BCUT2D eigenvalue weighted by Gasteiger charge is -2.11. The lowest BCUT2D eigenvalue weighted by atomic mass is 10.0. The summed E-state index contributed by atoms with van der Waals surface area (Å²) in [6.45, 7) is 4.55. The van der Waals surface area contributed by atoms with Crippen molar-refractivity contribution in [2.75, 3.05) is 5.88 Å². The second kappa shape index (κ2) is 35.3. The van der Waals surface area contributed by atoms with Crippen molar-refractivity contribution in [3.05, 3.63) is 0 Å². The first-order chi connectivity index (χ1) is 20.1. The van der Waals surface area contributed by atoms with E-state index in [1.165, 1.54) is 224 Å². The molecule has 0 N–H and O–H groups in total. The van der Waals surface area contributed by atoms with E-state index in [0.29, 0.717) is 0 Å². The fourth-order valence-corrected chi connectivity index (χ4v) is 7.98. The molecule has 0 aliphatic carbocycles. The highest BCUT2D eigenvalue weighted by molar-refractivity contribution is 7.19. The van der Waals surface area contributed by atoms with Crippen molar-refractivity contribution < 1.29 is 0 Å². The lowest BCUT2D eigenvalue weighted by Crippen LogP contribution is -2.14. The van der Waals surface area contributed by atoms with Crippen molar-refractivity contribution in [3.63, 3.8) is 0 Å². The van der Waals surface area contributed by atoms with Crippen LogP contribution in [0.4, 0.5) is 0 Å². The highest BCUT2D eigenvalue weighted by Gasteiger charge is 2.15. The summed E-state index contributed by atoms with van der Waals surface area (Å²) >= 11 is 12.1. The standard InChI is InChI=1S/C38H78Cl2Si/c1-41(2,40)38-36-34-32-30-28-26-24-22-20-18-16-14-12-10-8-6-4-3-5-7-9-11-13-15-17-19-21-23-25-27-29-31-33-35-37-39/h3-38H2,1-2H3. The molecule has 0 amide bonds. The van der Waals surface area contributed by atoms with Gasteiger partial charge in [-0.3, -0.25) is 0 Å². The van der Waals surface area contributed by atoms with Gasteiger partial charge < -0.3 is 0 Å². The van der Waals surface area contributed by atoms with Gasteiger partial charge in [-0.15, -0.1) is 11.6 Å². The number of alkyl halides is 1. The maximum absolute atomic E-state index is 6.40. The molecule has 0 aromatic rings. The first-order valence-electron chi connectivity index (χ1n) is 19.3. The third kappa shape index (κ3) is 40.8. The van der Waals surface area contributed by atoms with Crippen molar-refractivity contribution in [1.29, 1.82) is 0 Å². The summed E-state index contributed by atoms with van der Waals surface area (Å²) in [6.07, 6.45) is 49.4. The van der Waals surface area contributed by atoms with E-state index in [2.05, 4.69) is 13.1 Å². The number of unbranched alkanes of at least 4 members (excludes halogenated alkanes) is 33. The van der Waals surface area contributed by atoms with Gasteiger partial charge in [-0.1, -0.05) is 225 Å². The second-order valence-electron chi connectivity index (χ2n) is 14.2. The van der Waals surface area contributed by atoms with Crippen LogP contribution in [0.15, 0.2) is 0 Å². The molecule has 0 atom stereocenters. The number of rotatable bonds is 36. The van der Waals surface area contributed by atoms with Gasteiger partial charge in [0.25, 0.3) is 0 Å². The van der Waals surface area contributed by atoms with Gasteiger partial charge >= 0.3 is 0 Å². The van der Waals surface area contributed by atoms with Gasteiger partial charge in [0.05, 0.1) is 0 Å². The molecule has 0 aliphatic heterocycles. The predicted octanol–water partition coefficient (Wildman–Crippen LogP) is 15.9. The third-order valence-electron chi connectivity index (χ3n) is 9.15. The van der Waals surface area contributed by atoms with E-state index in [9.17, 15) is 0 Å². The smallest absolute Gasteiger partial charge is 0.150 e. The van der Waals surface area contributed by atoms with Crippen LogP contribution in [0.5, 0.6) is 0 Å². The van der Waals surface area contributed by atoms with Crippen LogP contribution in [0, 0.1) is 0 Å². The van der Waals surface area contributed by atoms with E-state index in [-0.39, 0.29) is 0 Å². The molecule has 0 saturated heterocycles. The second-order valence-corrected chi connectivity index (χ2v) is 21.6. The van der Waals surface area contributed by atoms with Crippen molar-refractivity contribution in [2.24, 2.45) is 0 Å². The predicted molar refractivity (Wildman–Crippen MR) is 196 cm³/mol. The lowest BCUT2D eigenvalue weighted by molar-refractivity contribution is 0.511. The molecule has 3 heteroatoms. The molecule has 0 bridgehead atoms. The van der Waals surface area contributed by atoms with Gasteiger partial charge in [0, 0.05) is 5.88 Å². The molecule has 0 radical (unpaired) electrons. The summed E-state index contributed by atoms with van der Waals surface area (Å²) in [6, 6.07) is 1.30. The first-order valence-corrected chi connectivity index (χ1v) is 24.1. The van der Waals surface area contributed by atoms with Crippen molar-refractivity contribution in [2.45, 2.75) is 237 Å². The molecule has 0 unspecified atom stereocenters. The van der Waals surface area contributed by atoms with E-state index in [1.807, 2.05) is 0 Å². The van der Waals surface area contributed by atoms with Crippen LogP contribution < -0.4 is 0 Å². The zero-order chi connectivity index (χ0) is 30.0. The number of hydrogen-bond donors (Lipinski definition) is 0. The molecule has 0 rings (SSSR count). The largest absolute Gasteiger partial charge is 0.168 e. The molecule has 0 aromatic heterocycles. The monoisotopic (exact) mass is 633 g/mol. The molecule has 0 fully saturated rings. The minimum absolute atomic E-state index is 0.845. The normalized spacial score (nSPS) is 12.0. The van der Waals surface area contributed by atoms with Crippen LogP contribution in [0.3, 0.4) is 0 Å².